The predicted molar refractivity (Wildman–Crippen MR) is 72.1 cm³/mol. The third-order valence-corrected chi connectivity index (χ3v) is 3.32. The maximum absolute atomic E-state index is 5.75. The van der Waals surface area contributed by atoms with Gasteiger partial charge in [0.05, 0.1) is 6.54 Å². The molecule has 0 aliphatic carbocycles. The van der Waals surface area contributed by atoms with Crippen LogP contribution in [0.1, 0.15) is 19.7 Å². The summed E-state index contributed by atoms with van der Waals surface area (Å²) < 4.78 is 2.00. The number of nitrogens with zero attached hydrogens (tertiary/aromatic N) is 3. The van der Waals surface area contributed by atoms with E-state index in [1.807, 2.05) is 28.8 Å². The fourth-order valence-electron chi connectivity index (χ4n) is 1.97. The molecule has 5 heteroatoms. The molecular weight excluding hydrogens is 226 g/mol. The van der Waals surface area contributed by atoms with Gasteiger partial charge in [-0.25, -0.2) is 0 Å². The second-order valence-electron chi connectivity index (χ2n) is 4.92. The summed E-state index contributed by atoms with van der Waals surface area (Å²) >= 11 is 0. The Hall–Kier alpha value is -1.46. The first-order valence-corrected chi connectivity index (χ1v) is 6.41. The number of rotatable bonds is 6. The van der Waals surface area contributed by atoms with Gasteiger partial charge in [0.2, 0.25) is 0 Å². The number of nitrogens with one attached hydrogen (secondary N) is 1. The Kier molecular flexibility index (Phi) is 4.28. The van der Waals surface area contributed by atoms with Crippen molar-refractivity contribution in [2.75, 3.05) is 13.1 Å². The molecular formula is C13H21N5. The molecule has 0 aliphatic heterocycles. The first-order chi connectivity index (χ1) is 8.72. The van der Waals surface area contributed by atoms with Gasteiger partial charge >= 0.3 is 0 Å². The molecule has 1 unspecified atom stereocenters. The third-order valence-electron chi connectivity index (χ3n) is 3.32. The summed E-state index contributed by atoms with van der Waals surface area (Å²) in [6, 6.07) is 5.90. The lowest BCUT2D eigenvalue weighted by atomic mass is 9.96. The van der Waals surface area contributed by atoms with Crippen LogP contribution >= 0.6 is 0 Å². The second kappa shape index (κ2) is 5.93. The van der Waals surface area contributed by atoms with Crippen LogP contribution in [0.5, 0.6) is 0 Å². The molecule has 0 aliphatic rings. The van der Waals surface area contributed by atoms with Gasteiger partial charge in [0, 0.05) is 6.20 Å². The van der Waals surface area contributed by atoms with Gasteiger partial charge in [-0.2, -0.15) is 0 Å². The number of hydrogen-bond donors (Lipinski definition) is 2. The van der Waals surface area contributed by atoms with Crippen LogP contribution in [0.3, 0.4) is 0 Å². The molecule has 5 nitrogen and oxygen atoms in total. The topological polar surface area (TPSA) is 68.2 Å². The van der Waals surface area contributed by atoms with Crippen molar-refractivity contribution in [2.24, 2.45) is 17.6 Å². The molecule has 0 saturated carbocycles. The molecule has 2 rings (SSSR count). The average Bonchev–Trinajstić information content (AvgIpc) is 2.78. The number of nitrogens with two attached hydrogens (primary N) is 1. The van der Waals surface area contributed by atoms with E-state index in [1.165, 1.54) is 0 Å². The number of pyridine rings is 1. The lowest BCUT2D eigenvalue weighted by Gasteiger charge is -2.18. The summed E-state index contributed by atoms with van der Waals surface area (Å²) in [6.07, 6.45) is 1.98. The van der Waals surface area contributed by atoms with E-state index in [0.29, 0.717) is 24.9 Å². The van der Waals surface area contributed by atoms with E-state index in [1.54, 1.807) is 0 Å². The van der Waals surface area contributed by atoms with Gasteiger partial charge in [-0.1, -0.05) is 19.9 Å². The van der Waals surface area contributed by atoms with E-state index in [2.05, 4.69) is 29.4 Å². The van der Waals surface area contributed by atoms with Gasteiger partial charge in [0.25, 0.3) is 0 Å². The molecule has 0 amide bonds. The van der Waals surface area contributed by atoms with Crippen molar-refractivity contribution < 1.29 is 0 Å². The van der Waals surface area contributed by atoms with Crippen LogP contribution in [0, 0.1) is 11.8 Å². The summed E-state index contributed by atoms with van der Waals surface area (Å²) in [5.74, 6) is 2.03. The summed E-state index contributed by atoms with van der Waals surface area (Å²) in [7, 11) is 0. The zero-order valence-electron chi connectivity index (χ0n) is 11.0. The van der Waals surface area contributed by atoms with Crippen molar-refractivity contribution in [1.82, 2.24) is 19.9 Å². The van der Waals surface area contributed by atoms with Crippen molar-refractivity contribution in [2.45, 2.75) is 20.4 Å². The van der Waals surface area contributed by atoms with Crippen LogP contribution in [0.4, 0.5) is 0 Å². The first kappa shape index (κ1) is 13.0. The SMILES string of the molecule is CC(C)C(CN)CNCc1nnc2ccccn12. The molecule has 0 saturated heterocycles. The molecule has 0 radical (unpaired) electrons. The molecule has 0 spiro atoms. The predicted octanol–water partition coefficient (Wildman–Crippen LogP) is 1.05. The van der Waals surface area contributed by atoms with E-state index in [-0.39, 0.29) is 0 Å². The molecule has 0 bridgehead atoms. The molecule has 2 aromatic heterocycles. The Morgan fingerprint density at radius 1 is 1.33 bits per heavy atom. The Balaban J connectivity index is 1.94. The maximum atomic E-state index is 5.75. The maximum Gasteiger partial charge on any atom is 0.160 e. The van der Waals surface area contributed by atoms with E-state index in [9.17, 15) is 0 Å². The summed E-state index contributed by atoms with van der Waals surface area (Å²) in [4.78, 5) is 0. The van der Waals surface area contributed by atoms with Crippen LogP contribution in [0.25, 0.3) is 5.65 Å². The highest BCUT2D eigenvalue weighted by molar-refractivity contribution is 5.36. The van der Waals surface area contributed by atoms with Crippen LogP contribution in [-0.2, 0) is 6.54 Å². The Morgan fingerprint density at radius 2 is 2.17 bits per heavy atom. The average molecular weight is 247 g/mol. The lowest BCUT2D eigenvalue weighted by Crippen LogP contribution is -2.31. The largest absolute Gasteiger partial charge is 0.330 e. The monoisotopic (exact) mass is 247 g/mol. The quantitative estimate of drug-likeness (QED) is 0.800. The zero-order valence-corrected chi connectivity index (χ0v) is 11.0. The van der Waals surface area contributed by atoms with Crippen LogP contribution in [0.15, 0.2) is 24.4 Å². The smallest absolute Gasteiger partial charge is 0.160 e. The Labute approximate surface area is 107 Å². The van der Waals surface area contributed by atoms with Crippen molar-refractivity contribution in [1.29, 1.82) is 0 Å². The van der Waals surface area contributed by atoms with Crippen molar-refractivity contribution in [3.63, 3.8) is 0 Å². The fraction of sp³-hybridized carbons (Fsp3) is 0.538. The molecule has 3 N–H and O–H groups in total. The van der Waals surface area contributed by atoms with Gasteiger partial charge in [-0.3, -0.25) is 4.40 Å². The Bertz CT molecular complexity index is 491. The van der Waals surface area contributed by atoms with E-state index in [4.69, 9.17) is 5.73 Å². The van der Waals surface area contributed by atoms with Crippen molar-refractivity contribution in [3.8, 4) is 0 Å². The number of aromatic nitrogens is 3. The van der Waals surface area contributed by atoms with Gasteiger partial charge in [-0.15, -0.1) is 10.2 Å². The minimum Gasteiger partial charge on any atom is -0.330 e. The molecule has 2 aromatic rings. The molecule has 2 heterocycles. The zero-order chi connectivity index (χ0) is 13.0. The fourth-order valence-corrected chi connectivity index (χ4v) is 1.97. The van der Waals surface area contributed by atoms with Crippen LogP contribution in [-0.4, -0.2) is 27.7 Å². The van der Waals surface area contributed by atoms with Crippen LogP contribution in [0.2, 0.25) is 0 Å². The Morgan fingerprint density at radius 3 is 2.89 bits per heavy atom. The highest BCUT2D eigenvalue weighted by Gasteiger charge is 2.11. The third kappa shape index (κ3) is 2.86. The van der Waals surface area contributed by atoms with Crippen molar-refractivity contribution in [3.05, 3.63) is 30.2 Å². The van der Waals surface area contributed by atoms with E-state index in [0.717, 1.165) is 18.0 Å². The first-order valence-electron chi connectivity index (χ1n) is 6.41. The molecule has 1 atom stereocenters. The summed E-state index contributed by atoms with van der Waals surface area (Å²) in [5.41, 5.74) is 6.63. The van der Waals surface area contributed by atoms with Gasteiger partial charge in [-0.05, 0) is 37.1 Å². The van der Waals surface area contributed by atoms with E-state index < -0.39 is 0 Å². The molecule has 18 heavy (non-hydrogen) atoms. The second-order valence-corrected chi connectivity index (χ2v) is 4.92. The molecule has 0 aromatic carbocycles. The minimum atomic E-state index is 0.504. The highest BCUT2D eigenvalue weighted by atomic mass is 15.3. The van der Waals surface area contributed by atoms with Gasteiger partial charge < -0.3 is 11.1 Å². The normalized spacial score (nSPS) is 13.3. The molecule has 0 fully saturated rings. The van der Waals surface area contributed by atoms with Crippen molar-refractivity contribution >= 4 is 5.65 Å². The van der Waals surface area contributed by atoms with Gasteiger partial charge in [0.1, 0.15) is 0 Å². The summed E-state index contributed by atoms with van der Waals surface area (Å²) in [5, 5.41) is 11.7. The number of fused-ring (bicyclic) bond motifs is 1. The summed E-state index contributed by atoms with van der Waals surface area (Å²) in [6.45, 7) is 6.74. The van der Waals surface area contributed by atoms with E-state index >= 15 is 0 Å². The molecule has 98 valence electrons. The minimum absolute atomic E-state index is 0.504. The van der Waals surface area contributed by atoms with Crippen LogP contribution < -0.4 is 11.1 Å². The standard InChI is InChI=1S/C13H21N5/c1-10(2)11(7-14)8-15-9-13-17-16-12-5-3-4-6-18(12)13/h3-6,10-11,15H,7-9,14H2,1-2H3. The lowest BCUT2D eigenvalue weighted by molar-refractivity contribution is 0.369. The highest BCUT2D eigenvalue weighted by Crippen LogP contribution is 2.08. The number of hydrogen-bond acceptors (Lipinski definition) is 4. The van der Waals surface area contributed by atoms with Gasteiger partial charge in [0.15, 0.2) is 11.5 Å².